The lowest BCUT2D eigenvalue weighted by molar-refractivity contribution is 1.14. The lowest BCUT2D eigenvalue weighted by atomic mass is 9.31. The van der Waals surface area contributed by atoms with Crippen LogP contribution in [-0.4, -0.2) is 31.7 Å². The fraction of sp³-hybridized carbons (Fsp3) is 0. The molecule has 21 rings (SSSR count). The first kappa shape index (κ1) is 45.3. The van der Waals surface area contributed by atoms with Crippen LogP contribution in [0.1, 0.15) is 0 Å². The summed E-state index contributed by atoms with van der Waals surface area (Å²) in [7, 11) is 0. The van der Waals surface area contributed by atoms with Crippen LogP contribution in [0.15, 0.2) is 279 Å². The molecule has 86 heavy (non-hydrogen) atoms. The molecule has 0 fully saturated rings. The normalized spacial score (nSPS) is 13.1. The molecule has 0 bridgehead atoms. The van der Waals surface area contributed by atoms with E-state index >= 15 is 0 Å². The molecule has 0 amide bonds. The third-order valence-electron chi connectivity index (χ3n) is 19.8. The number of nitrogens with zero attached hydrogens (tertiary/aromatic N) is 6. The van der Waals surface area contributed by atoms with Crippen molar-refractivity contribution in [2.24, 2.45) is 0 Å². The summed E-state index contributed by atoms with van der Waals surface area (Å²) in [4.78, 5) is 4.79. The molecule has 0 spiro atoms. The van der Waals surface area contributed by atoms with E-state index < -0.39 is 0 Å². The van der Waals surface area contributed by atoms with Gasteiger partial charge in [0.05, 0.1) is 44.1 Å². The Morgan fingerprint density at radius 2 is 0.535 bits per heavy atom. The van der Waals surface area contributed by atoms with Gasteiger partial charge in [-0.15, -0.1) is 0 Å². The molecule has 8 heterocycles. The molecule has 4 aliphatic rings. The van der Waals surface area contributed by atoms with Gasteiger partial charge in [0.15, 0.2) is 0 Å². The highest BCUT2D eigenvalue weighted by atomic mass is 15.2. The predicted molar refractivity (Wildman–Crippen MR) is 362 cm³/mol. The van der Waals surface area contributed by atoms with Crippen molar-refractivity contribution in [1.29, 1.82) is 0 Å². The fourth-order valence-electron chi connectivity index (χ4n) is 16.6. The topological polar surface area (TPSA) is 26.2 Å². The van der Waals surface area contributed by atoms with Gasteiger partial charge in [-0.05, 0) is 160 Å². The fourth-order valence-corrected chi connectivity index (χ4v) is 16.6. The standard InChI is InChI=1S/C78H46B2N6/c1-5-21-47(22-6-1)81(48-23-7-2-8-24-48)51-37-39-67-55(41-51)59-43-57-53-29-13-17-33-65(53)85-71-46-72-64(45-63(71)79-61-31-15-19-35-69(61)83(67)77(59)73(79)75(57)85)80-62-32-16-20-36-70(62)84-68-40-38-52(82(49-25-9-3-10-26-49)50-27-11-4-12-28-50)42-56(68)60-44-58-54-30-14-18-34-66(54)86(72)76(58)74(80)78(60)84/h1-46H. The molecule has 13 aromatic carbocycles. The Morgan fingerprint density at radius 1 is 0.209 bits per heavy atom. The van der Waals surface area contributed by atoms with E-state index in [1.165, 1.54) is 143 Å². The van der Waals surface area contributed by atoms with Gasteiger partial charge in [0.25, 0.3) is 13.4 Å². The Balaban J connectivity index is 0.866. The zero-order valence-corrected chi connectivity index (χ0v) is 46.4. The van der Waals surface area contributed by atoms with E-state index in [1.807, 2.05) is 0 Å². The van der Waals surface area contributed by atoms with Crippen LogP contribution >= 0.6 is 0 Å². The van der Waals surface area contributed by atoms with E-state index in [1.54, 1.807) is 0 Å². The lowest BCUT2D eigenvalue weighted by Crippen LogP contribution is -2.63. The molecule has 17 aromatic rings. The van der Waals surface area contributed by atoms with Gasteiger partial charge in [-0.1, -0.05) is 152 Å². The highest BCUT2D eigenvalue weighted by molar-refractivity contribution is 7.03. The van der Waals surface area contributed by atoms with E-state index in [4.69, 9.17) is 0 Å². The summed E-state index contributed by atoms with van der Waals surface area (Å²) in [6.07, 6.45) is 0. The third-order valence-corrected chi connectivity index (χ3v) is 19.8. The number of hydrogen-bond donors (Lipinski definition) is 0. The molecule has 6 nitrogen and oxygen atoms in total. The third kappa shape index (κ3) is 5.60. The zero-order valence-electron chi connectivity index (χ0n) is 46.4. The average molecular weight is 1090 g/mol. The summed E-state index contributed by atoms with van der Waals surface area (Å²) < 4.78 is 10.5. The average Bonchev–Trinajstić information content (AvgIpc) is 1.57. The first-order chi connectivity index (χ1) is 42.7. The summed E-state index contributed by atoms with van der Waals surface area (Å²) in [5.41, 5.74) is 29.9. The van der Waals surface area contributed by atoms with Crippen LogP contribution in [0.2, 0.25) is 0 Å². The predicted octanol–water partition coefficient (Wildman–Crippen LogP) is 15.3. The summed E-state index contributed by atoms with van der Waals surface area (Å²) in [6.45, 7) is -0.0918. The lowest BCUT2D eigenvalue weighted by Gasteiger charge is -2.37. The van der Waals surface area contributed by atoms with Crippen molar-refractivity contribution in [3.63, 3.8) is 0 Å². The molecule has 0 saturated carbocycles. The van der Waals surface area contributed by atoms with Crippen molar-refractivity contribution in [1.82, 2.24) is 18.3 Å². The van der Waals surface area contributed by atoms with Gasteiger partial charge in [-0.3, -0.25) is 0 Å². The molecule has 394 valence electrons. The van der Waals surface area contributed by atoms with Crippen LogP contribution < -0.4 is 42.6 Å². The minimum atomic E-state index is -0.0459. The van der Waals surface area contributed by atoms with Gasteiger partial charge in [0, 0.05) is 100.0 Å². The minimum absolute atomic E-state index is 0.0459. The smallest absolute Gasteiger partial charge is 0.252 e. The molecule has 0 aliphatic carbocycles. The quantitative estimate of drug-likeness (QED) is 0.155. The highest BCUT2D eigenvalue weighted by Crippen LogP contribution is 2.48. The summed E-state index contributed by atoms with van der Waals surface area (Å²) in [5, 5.41) is 10.2. The van der Waals surface area contributed by atoms with E-state index in [-0.39, 0.29) is 13.4 Å². The summed E-state index contributed by atoms with van der Waals surface area (Å²) >= 11 is 0. The monoisotopic (exact) mass is 1090 g/mol. The Morgan fingerprint density at radius 3 is 0.942 bits per heavy atom. The largest absolute Gasteiger partial charge is 0.310 e. The second-order valence-corrected chi connectivity index (χ2v) is 23.9. The Hall–Kier alpha value is -11.2. The number of benzene rings is 13. The van der Waals surface area contributed by atoms with Crippen molar-refractivity contribution in [2.45, 2.75) is 0 Å². The number of para-hydroxylation sites is 8. The zero-order chi connectivity index (χ0) is 55.6. The molecule has 0 unspecified atom stereocenters. The number of hydrogen-bond acceptors (Lipinski definition) is 2. The maximum atomic E-state index is 2.68. The van der Waals surface area contributed by atoms with Crippen LogP contribution in [0.5, 0.6) is 0 Å². The van der Waals surface area contributed by atoms with Crippen LogP contribution in [-0.2, 0) is 0 Å². The van der Waals surface area contributed by atoms with Gasteiger partial charge in [-0.2, -0.15) is 0 Å². The maximum absolute atomic E-state index is 2.68. The molecule has 4 aliphatic heterocycles. The van der Waals surface area contributed by atoms with Crippen molar-refractivity contribution in [2.75, 3.05) is 9.80 Å². The molecule has 4 aromatic heterocycles. The molecule has 8 heteroatoms. The van der Waals surface area contributed by atoms with E-state index in [9.17, 15) is 0 Å². The molecular formula is C78H46B2N6. The van der Waals surface area contributed by atoms with Crippen LogP contribution in [0.4, 0.5) is 34.1 Å². The van der Waals surface area contributed by atoms with E-state index in [0.29, 0.717) is 0 Å². The molecule has 0 N–H and O–H groups in total. The molecule has 0 radical (unpaired) electrons. The van der Waals surface area contributed by atoms with Gasteiger partial charge < -0.3 is 28.1 Å². The molecule has 0 atom stereocenters. The number of fused-ring (bicyclic) bond motifs is 24. The van der Waals surface area contributed by atoms with Gasteiger partial charge >= 0.3 is 0 Å². The Kier molecular flexibility index (Phi) is 8.60. The minimum Gasteiger partial charge on any atom is -0.310 e. The van der Waals surface area contributed by atoms with Crippen LogP contribution in [0, 0.1) is 0 Å². The summed E-state index contributed by atoms with van der Waals surface area (Å²) in [5.74, 6) is 0. The first-order valence-electron chi connectivity index (χ1n) is 30.0. The van der Waals surface area contributed by atoms with Crippen molar-refractivity contribution in [3.05, 3.63) is 279 Å². The van der Waals surface area contributed by atoms with Crippen molar-refractivity contribution < 1.29 is 0 Å². The van der Waals surface area contributed by atoms with Crippen molar-refractivity contribution >= 4 is 168 Å². The number of rotatable bonds is 6. The highest BCUT2D eigenvalue weighted by Gasteiger charge is 2.46. The van der Waals surface area contributed by atoms with Gasteiger partial charge in [0.1, 0.15) is 0 Å². The summed E-state index contributed by atoms with van der Waals surface area (Å²) in [6, 6.07) is 105. The second-order valence-electron chi connectivity index (χ2n) is 23.9. The van der Waals surface area contributed by atoms with Crippen LogP contribution in [0.3, 0.4) is 0 Å². The van der Waals surface area contributed by atoms with Gasteiger partial charge in [-0.25, -0.2) is 0 Å². The number of anilines is 6. The Bertz CT molecular complexity index is 5420. The van der Waals surface area contributed by atoms with Gasteiger partial charge in [0.2, 0.25) is 0 Å². The van der Waals surface area contributed by atoms with Crippen molar-refractivity contribution in [3.8, 4) is 22.7 Å². The van der Waals surface area contributed by atoms with E-state index in [2.05, 4.69) is 307 Å². The Labute approximate surface area is 494 Å². The maximum Gasteiger partial charge on any atom is 0.252 e. The second kappa shape index (κ2) is 16.3. The molecule has 0 saturated heterocycles. The van der Waals surface area contributed by atoms with Crippen LogP contribution in [0.25, 0.3) is 110 Å². The number of aromatic nitrogens is 4. The first-order valence-corrected chi connectivity index (χ1v) is 30.0. The van der Waals surface area contributed by atoms with E-state index in [0.717, 1.165) is 34.1 Å². The molecular weight excluding hydrogens is 1040 g/mol. The SMILES string of the molecule is c1ccc(N(c2ccccc2)c2ccc3c(c2)c2cc4c5ccccc5n5c4c4c2n3-c2ccccc2B4c2cc3c(cc2-5)-n2c4ccccc4c4cc5c6cc(N(c7ccccc7)c7ccccc7)ccc6n6c5c(c42)B3c2ccccc2-6)cc1.